The van der Waals surface area contributed by atoms with E-state index in [4.69, 9.17) is 9.47 Å². The van der Waals surface area contributed by atoms with Crippen LogP contribution in [0.3, 0.4) is 0 Å². The molecule has 2 aromatic carbocycles. The Morgan fingerprint density at radius 2 is 1.74 bits per heavy atom. The highest BCUT2D eigenvalue weighted by atomic mass is 16.5. The van der Waals surface area contributed by atoms with Crippen molar-refractivity contribution >= 4 is 16.8 Å². The van der Waals surface area contributed by atoms with Crippen LogP contribution in [0.15, 0.2) is 66.9 Å². The maximum atomic E-state index is 13.6. The van der Waals surface area contributed by atoms with Gasteiger partial charge in [0.1, 0.15) is 11.9 Å². The third-order valence-electron chi connectivity index (χ3n) is 10.2. The lowest BCUT2D eigenvalue weighted by Gasteiger charge is -2.46. The summed E-state index contributed by atoms with van der Waals surface area (Å²) in [5, 5.41) is 12.0. The van der Waals surface area contributed by atoms with Gasteiger partial charge in [-0.05, 0) is 99.0 Å². The van der Waals surface area contributed by atoms with Gasteiger partial charge in [0.2, 0.25) is 0 Å². The van der Waals surface area contributed by atoms with Crippen molar-refractivity contribution in [3.63, 3.8) is 0 Å². The number of nitrogens with zero attached hydrogens (tertiary/aromatic N) is 3. The smallest absolute Gasteiger partial charge is 0.251 e. The van der Waals surface area contributed by atoms with Gasteiger partial charge in [-0.25, -0.2) is 0 Å². The second-order valence-electron chi connectivity index (χ2n) is 12.8. The predicted molar refractivity (Wildman–Crippen MR) is 165 cm³/mol. The summed E-state index contributed by atoms with van der Waals surface area (Å²) in [5.41, 5.74) is 4.29. The summed E-state index contributed by atoms with van der Waals surface area (Å²) in [5.74, 6) is 1.24. The minimum atomic E-state index is -0.0853. The van der Waals surface area contributed by atoms with Gasteiger partial charge in [0.15, 0.2) is 0 Å². The maximum absolute atomic E-state index is 13.6. The van der Waals surface area contributed by atoms with Crippen LogP contribution in [0.25, 0.3) is 22.2 Å². The van der Waals surface area contributed by atoms with Crippen LogP contribution in [0.2, 0.25) is 0 Å². The number of hydrogen-bond donors (Lipinski definition) is 2. The first-order valence-corrected chi connectivity index (χ1v) is 16.0. The van der Waals surface area contributed by atoms with E-state index in [1.54, 1.807) is 0 Å². The number of aromatic amines is 1. The van der Waals surface area contributed by atoms with Gasteiger partial charge in [-0.1, -0.05) is 18.9 Å². The van der Waals surface area contributed by atoms with Crippen molar-refractivity contribution in [2.45, 2.75) is 81.6 Å². The maximum Gasteiger partial charge on any atom is 0.251 e. The van der Waals surface area contributed by atoms with Gasteiger partial charge >= 0.3 is 0 Å². The molecular weight excluding hydrogens is 538 g/mol. The zero-order chi connectivity index (χ0) is 28.8. The second kappa shape index (κ2) is 11.4. The summed E-state index contributed by atoms with van der Waals surface area (Å²) >= 11 is 0. The highest BCUT2D eigenvalue weighted by Crippen LogP contribution is 2.40. The highest BCUT2D eigenvalue weighted by molar-refractivity contribution is 6.01. The topological polar surface area (TPSA) is 92.4 Å². The first-order valence-electron chi connectivity index (χ1n) is 16.0. The molecule has 43 heavy (non-hydrogen) atoms. The molecule has 1 amide bonds. The van der Waals surface area contributed by atoms with Crippen LogP contribution >= 0.6 is 0 Å². The summed E-state index contributed by atoms with van der Waals surface area (Å²) in [6, 6.07) is 21.7. The summed E-state index contributed by atoms with van der Waals surface area (Å²) in [6.45, 7) is 1.78. The van der Waals surface area contributed by atoms with Crippen molar-refractivity contribution in [3.8, 4) is 17.0 Å². The molecule has 4 atom stereocenters. The molecule has 2 bridgehead atoms. The van der Waals surface area contributed by atoms with Crippen molar-refractivity contribution in [1.29, 1.82) is 0 Å². The predicted octanol–water partition coefficient (Wildman–Crippen LogP) is 6.06. The fourth-order valence-corrected chi connectivity index (χ4v) is 8.02. The molecular formula is C35H39N5O3. The number of benzene rings is 2. The summed E-state index contributed by atoms with van der Waals surface area (Å²) in [4.78, 5) is 20.9. The normalized spacial score (nSPS) is 25.1. The van der Waals surface area contributed by atoms with Crippen molar-refractivity contribution < 1.29 is 14.3 Å². The molecule has 2 N–H and O–H groups in total. The van der Waals surface area contributed by atoms with E-state index < -0.39 is 0 Å². The molecule has 3 aliphatic heterocycles. The number of amides is 1. The Hall–Kier alpha value is -3.75. The number of piperidine rings is 1. The Balaban J connectivity index is 0.974. The Morgan fingerprint density at radius 3 is 2.44 bits per heavy atom. The van der Waals surface area contributed by atoms with Gasteiger partial charge in [0.25, 0.3) is 5.91 Å². The minimum Gasteiger partial charge on any atom is -0.490 e. The molecule has 0 unspecified atom stereocenters. The van der Waals surface area contributed by atoms with E-state index in [1.807, 2.05) is 42.6 Å². The van der Waals surface area contributed by atoms with Crippen molar-refractivity contribution in [2.75, 3.05) is 13.2 Å². The van der Waals surface area contributed by atoms with Gasteiger partial charge in [0.05, 0.1) is 42.2 Å². The number of carbonyl (C=O) groups excluding carboxylic acids is 1. The van der Waals surface area contributed by atoms with Crippen LogP contribution in [0.5, 0.6) is 5.75 Å². The van der Waals surface area contributed by atoms with Crippen LogP contribution in [0, 0.1) is 5.92 Å². The molecule has 2 aromatic heterocycles. The molecule has 222 valence electrons. The lowest BCUT2D eigenvalue weighted by atomic mass is 9.94. The minimum absolute atomic E-state index is 0.0785. The van der Waals surface area contributed by atoms with Crippen molar-refractivity contribution in [2.24, 2.45) is 5.92 Å². The Labute approximate surface area is 252 Å². The molecule has 3 saturated heterocycles. The van der Waals surface area contributed by atoms with Gasteiger partial charge in [-0.2, -0.15) is 5.10 Å². The summed E-state index contributed by atoms with van der Waals surface area (Å²) in [7, 11) is 0. The van der Waals surface area contributed by atoms with Gasteiger partial charge in [0, 0.05) is 34.8 Å². The van der Waals surface area contributed by atoms with Gasteiger partial charge in [-0.3, -0.25) is 19.8 Å². The Morgan fingerprint density at radius 1 is 0.953 bits per heavy atom. The van der Waals surface area contributed by atoms with Gasteiger partial charge in [-0.15, -0.1) is 0 Å². The number of ether oxygens (including phenoxy) is 2. The lowest BCUT2D eigenvalue weighted by Crippen LogP contribution is -2.57. The number of nitrogens with one attached hydrogen (secondary N) is 2. The number of pyridine rings is 1. The molecule has 4 aliphatic rings. The molecule has 1 saturated carbocycles. The molecule has 8 nitrogen and oxygen atoms in total. The van der Waals surface area contributed by atoms with E-state index in [9.17, 15) is 4.79 Å². The first kappa shape index (κ1) is 26.8. The van der Waals surface area contributed by atoms with Crippen LogP contribution < -0.4 is 10.1 Å². The number of fused-ring (bicyclic) bond motifs is 3. The lowest BCUT2D eigenvalue weighted by molar-refractivity contribution is -0.102. The zero-order valence-electron chi connectivity index (χ0n) is 24.5. The van der Waals surface area contributed by atoms with Crippen molar-refractivity contribution in [3.05, 3.63) is 78.1 Å². The number of rotatable bonds is 8. The monoisotopic (exact) mass is 577 g/mol. The SMILES string of the molecule is O=C(N[C@H](c1ccccn1)C1CCCC1)c1ccc2[nH]nc(-c3ccc(O[C@@H]4C[C@H]5CC[C@@H](C4)N5C4COC4)cc3)c2c1. The second-order valence-corrected chi connectivity index (χ2v) is 12.8. The Bertz CT molecular complexity index is 1560. The summed E-state index contributed by atoms with van der Waals surface area (Å²) in [6.07, 6.45) is 11.4. The molecule has 1 aliphatic carbocycles. The number of H-pyrrole nitrogens is 1. The third-order valence-corrected chi connectivity index (χ3v) is 10.2. The average Bonchev–Trinajstić information content (AvgIpc) is 3.75. The zero-order valence-corrected chi connectivity index (χ0v) is 24.5. The van der Waals surface area contributed by atoms with E-state index >= 15 is 0 Å². The molecule has 5 heterocycles. The van der Waals surface area contributed by atoms with Crippen LogP contribution in [-0.4, -0.2) is 63.4 Å². The average molecular weight is 578 g/mol. The first-order chi connectivity index (χ1) is 21.2. The molecule has 8 heteroatoms. The molecule has 4 aromatic rings. The van der Waals surface area contributed by atoms with Crippen LogP contribution in [-0.2, 0) is 4.74 Å². The van der Waals surface area contributed by atoms with E-state index in [1.165, 1.54) is 25.7 Å². The molecule has 0 radical (unpaired) electrons. The quantitative estimate of drug-likeness (QED) is 0.265. The number of hydrogen-bond acceptors (Lipinski definition) is 6. The fraction of sp³-hybridized carbons (Fsp3) is 0.457. The van der Waals surface area contributed by atoms with E-state index in [2.05, 4.69) is 49.7 Å². The third kappa shape index (κ3) is 5.21. The molecule has 8 rings (SSSR count). The largest absolute Gasteiger partial charge is 0.490 e. The molecule has 0 spiro atoms. The summed E-state index contributed by atoms with van der Waals surface area (Å²) < 4.78 is 12.0. The van der Waals surface area contributed by atoms with E-state index in [-0.39, 0.29) is 18.1 Å². The van der Waals surface area contributed by atoms with Crippen molar-refractivity contribution in [1.82, 2.24) is 25.4 Å². The number of carbonyl (C=O) groups is 1. The van der Waals surface area contributed by atoms with E-state index in [0.717, 1.165) is 72.5 Å². The van der Waals surface area contributed by atoms with E-state index in [0.29, 0.717) is 29.6 Å². The molecule has 4 fully saturated rings. The standard InChI is InChI=1S/C35H39N5O3/c41-35(37-34(22-5-1-2-6-22)32-7-3-4-16-36-32)24-10-15-31-30(17-24)33(39-38-31)23-8-13-28(14-9-23)43-29-18-25-11-12-26(19-29)40(25)27-20-42-21-27/h3-4,7-10,13-17,22,25-27,29,34H,1-2,5-6,11-12,18-21H2,(H,37,41)(H,38,39)/t25-,26+,29-,34-/m0/s1. The van der Waals surface area contributed by atoms with Crippen LogP contribution in [0.4, 0.5) is 0 Å². The van der Waals surface area contributed by atoms with Crippen LogP contribution in [0.1, 0.15) is 73.5 Å². The highest BCUT2D eigenvalue weighted by Gasteiger charge is 2.46. The van der Waals surface area contributed by atoms with Gasteiger partial charge < -0.3 is 14.8 Å². The fourth-order valence-electron chi connectivity index (χ4n) is 8.02. The number of aromatic nitrogens is 3. The Kier molecular flexibility index (Phi) is 7.11.